The van der Waals surface area contributed by atoms with Crippen molar-refractivity contribution in [1.29, 1.82) is 0 Å². The van der Waals surface area contributed by atoms with Gasteiger partial charge in [0, 0.05) is 30.3 Å². The molecule has 5 N–H and O–H groups in total. The zero-order valence-corrected chi connectivity index (χ0v) is 25.8. The van der Waals surface area contributed by atoms with Crippen LogP contribution in [-0.2, 0) is 38.9 Å². The maximum absolute atomic E-state index is 12.7. The Morgan fingerprint density at radius 2 is 1.65 bits per heavy atom. The quantitative estimate of drug-likeness (QED) is 0.0462. The Labute approximate surface area is 255 Å². The molecule has 0 radical (unpaired) electrons. The summed E-state index contributed by atoms with van der Waals surface area (Å²) in [5, 5.41) is 9.91. The summed E-state index contributed by atoms with van der Waals surface area (Å²) in [6, 6.07) is 0.128. The zero-order chi connectivity index (χ0) is 31.6. The average Bonchev–Trinajstić information content (AvgIpc) is 3.57. The van der Waals surface area contributed by atoms with E-state index in [0.717, 1.165) is 37.9 Å². The number of hydrogen-bond acceptors (Lipinski definition) is 10. The number of urea groups is 1. The predicted molar refractivity (Wildman–Crippen MR) is 155 cm³/mol. The first-order valence-electron chi connectivity index (χ1n) is 14.7. The molecule has 0 saturated carbocycles. The molecule has 6 amide bonds. The van der Waals surface area contributed by atoms with Gasteiger partial charge in [0.05, 0.1) is 18.5 Å². The van der Waals surface area contributed by atoms with Crippen molar-refractivity contribution in [1.82, 2.24) is 26.3 Å². The van der Waals surface area contributed by atoms with E-state index >= 15 is 0 Å². The molecule has 5 atom stereocenters. The van der Waals surface area contributed by atoms with Crippen molar-refractivity contribution in [2.75, 3.05) is 5.75 Å². The van der Waals surface area contributed by atoms with Gasteiger partial charge < -0.3 is 26.1 Å². The number of imide groups is 1. The standard InChI is InChI=1S/C26H41N5O10S2/c1-2-3-4-11-20(32)28-19(29-21(33)12-7-5-9-17-24-16(15-42-17)27-26(37)30-24)10-6-8-13-23(35)41-31-22(34)14-18(25(31)36)43(38,39)40/h16-19,24H,2-15H2,1H3,(H,28,32)(H,29,33)(H2,27,30,37)(H,38,39,40)/t16-,17-,18?,19?,24-/m0/s1. The van der Waals surface area contributed by atoms with Crippen LogP contribution in [0.3, 0.4) is 0 Å². The summed E-state index contributed by atoms with van der Waals surface area (Å²) < 4.78 is 31.5. The highest BCUT2D eigenvalue weighted by molar-refractivity contribution is 8.00. The van der Waals surface area contributed by atoms with Gasteiger partial charge in [-0.2, -0.15) is 20.2 Å². The largest absolute Gasteiger partial charge is 0.336 e. The van der Waals surface area contributed by atoms with Gasteiger partial charge in [0.2, 0.25) is 11.8 Å². The average molecular weight is 648 g/mol. The monoisotopic (exact) mass is 647 g/mol. The van der Waals surface area contributed by atoms with Gasteiger partial charge in [-0.05, 0) is 38.5 Å². The lowest BCUT2D eigenvalue weighted by molar-refractivity contribution is -0.197. The fraction of sp³-hybridized carbons (Fsp3) is 0.769. The first-order valence-corrected chi connectivity index (χ1v) is 17.3. The molecule has 3 rings (SSSR count). The molecular formula is C26H41N5O10S2. The van der Waals surface area contributed by atoms with Gasteiger partial charge in [0.15, 0.2) is 5.25 Å². The molecule has 0 aliphatic carbocycles. The third kappa shape index (κ3) is 10.6. The number of fused-ring (bicyclic) bond motifs is 1. The van der Waals surface area contributed by atoms with Gasteiger partial charge in [0.25, 0.3) is 21.9 Å². The van der Waals surface area contributed by atoms with Crippen molar-refractivity contribution in [3.8, 4) is 0 Å². The summed E-state index contributed by atoms with van der Waals surface area (Å²) in [6.07, 6.45) is 4.76. The summed E-state index contributed by atoms with van der Waals surface area (Å²) in [7, 11) is -4.82. The Bertz CT molecular complexity index is 1170. The van der Waals surface area contributed by atoms with Gasteiger partial charge in [0.1, 0.15) is 6.17 Å². The highest BCUT2D eigenvalue weighted by Crippen LogP contribution is 2.33. The third-order valence-electron chi connectivity index (χ3n) is 7.50. The van der Waals surface area contributed by atoms with Crippen LogP contribution in [0.25, 0.3) is 0 Å². The van der Waals surface area contributed by atoms with Crippen LogP contribution in [0.2, 0.25) is 0 Å². The lowest BCUT2D eigenvalue weighted by Crippen LogP contribution is -2.47. The summed E-state index contributed by atoms with van der Waals surface area (Å²) >= 11 is 1.82. The van der Waals surface area contributed by atoms with Crippen molar-refractivity contribution >= 4 is 57.5 Å². The molecule has 3 aliphatic rings. The van der Waals surface area contributed by atoms with Crippen molar-refractivity contribution in [3.05, 3.63) is 0 Å². The zero-order valence-electron chi connectivity index (χ0n) is 24.2. The Kier molecular flexibility index (Phi) is 13.1. The molecule has 0 aromatic rings. The number of amides is 6. The Morgan fingerprint density at radius 1 is 1.00 bits per heavy atom. The predicted octanol–water partition coefficient (Wildman–Crippen LogP) is 0.885. The second-order valence-corrected chi connectivity index (χ2v) is 13.8. The van der Waals surface area contributed by atoms with Crippen LogP contribution < -0.4 is 21.3 Å². The number of carbonyl (C=O) groups excluding carboxylic acids is 6. The van der Waals surface area contributed by atoms with Gasteiger partial charge in [-0.15, -0.1) is 5.06 Å². The number of hydrogen-bond donors (Lipinski definition) is 5. The van der Waals surface area contributed by atoms with E-state index in [0.29, 0.717) is 30.9 Å². The molecule has 3 aliphatic heterocycles. The fourth-order valence-corrected chi connectivity index (χ4v) is 7.45. The molecule has 242 valence electrons. The molecule has 0 bridgehead atoms. The number of hydroxylamine groups is 2. The highest BCUT2D eigenvalue weighted by atomic mass is 32.2. The van der Waals surface area contributed by atoms with Gasteiger partial charge in [-0.3, -0.25) is 23.7 Å². The first-order chi connectivity index (χ1) is 20.4. The van der Waals surface area contributed by atoms with E-state index < -0.39 is 45.7 Å². The molecule has 0 aromatic heterocycles. The van der Waals surface area contributed by atoms with Crippen LogP contribution >= 0.6 is 11.8 Å². The van der Waals surface area contributed by atoms with Crippen LogP contribution in [0.1, 0.15) is 90.4 Å². The van der Waals surface area contributed by atoms with Crippen LogP contribution in [0, 0.1) is 0 Å². The molecule has 3 heterocycles. The number of rotatable bonds is 18. The van der Waals surface area contributed by atoms with Crippen molar-refractivity contribution in [2.45, 2.75) is 119 Å². The first kappa shape index (κ1) is 34.6. The van der Waals surface area contributed by atoms with Crippen molar-refractivity contribution < 1.29 is 46.6 Å². The molecule has 3 saturated heterocycles. The minimum Gasteiger partial charge on any atom is -0.336 e. The van der Waals surface area contributed by atoms with E-state index in [-0.39, 0.29) is 54.3 Å². The Hall–Kier alpha value is -2.92. The summed E-state index contributed by atoms with van der Waals surface area (Å²) in [5.41, 5.74) is 0. The molecule has 15 nitrogen and oxygen atoms in total. The second-order valence-electron chi connectivity index (χ2n) is 11.0. The van der Waals surface area contributed by atoms with Crippen molar-refractivity contribution in [3.63, 3.8) is 0 Å². The lowest BCUT2D eigenvalue weighted by atomic mass is 10.0. The van der Waals surface area contributed by atoms with E-state index in [1.807, 2.05) is 18.7 Å². The number of unbranched alkanes of at least 4 members (excludes halogenated alkanes) is 4. The minimum atomic E-state index is -4.82. The number of thioether (sulfide) groups is 1. The van der Waals surface area contributed by atoms with Gasteiger partial charge in [-0.1, -0.05) is 26.2 Å². The second kappa shape index (κ2) is 16.2. The molecule has 43 heavy (non-hydrogen) atoms. The van der Waals surface area contributed by atoms with E-state index in [9.17, 15) is 37.2 Å². The summed E-state index contributed by atoms with van der Waals surface area (Å²) in [4.78, 5) is 77.4. The van der Waals surface area contributed by atoms with Crippen LogP contribution in [0.4, 0.5) is 4.79 Å². The van der Waals surface area contributed by atoms with Crippen LogP contribution in [-0.4, -0.2) is 88.2 Å². The maximum atomic E-state index is 12.7. The Morgan fingerprint density at radius 3 is 2.28 bits per heavy atom. The lowest BCUT2D eigenvalue weighted by Gasteiger charge is -2.21. The fourth-order valence-electron chi connectivity index (χ4n) is 5.20. The van der Waals surface area contributed by atoms with Gasteiger partial charge in [-0.25, -0.2) is 9.59 Å². The smallest absolute Gasteiger partial charge is 0.333 e. The Balaban J connectivity index is 1.39. The number of nitrogens with one attached hydrogen (secondary N) is 4. The third-order valence-corrected chi connectivity index (χ3v) is 10.1. The van der Waals surface area contributed by atoms with Gasteiger partial charge >= 0.3 is 12.0 Å². The van der Waals surface area contributed by atoms with E-state index in [2.05, 4.69) is 21.3 Å². The molecular weight excluding hydrogens is 606 g/mol. The SMILES string of the molecule is CCCCCC(=O)NC(CCCCC(=O)ON1C(=O)CC(S(=O)(=O)O)C1=O)NC(=O)CCCC[C@@H]1SC[C@@H]2NC(=O)N[C@@H]21. The van der Waals surface area contributed by atoms with E-state index in [4.69, 9.17) is 9.39 Å². The minimum absolute atomic E-state index is 0.0603. The maximum Gasteiger partial charge on any atom is 0.333 e. The topological polar surface area (TPSA) is 217 Å². The number of carbonyl (C=O) groups is 6. The molecule has 17 heteroatoms. The molecule has 0 aromatic carbocycles. The summed E-state index contributed by atoms with van der Waals surface area (Å²) in [5.74, 6) is -2.87. The molecule has 2 unspecified atom stereocenters. The number of nitrogens with zero attached hydrogens (tertiary/aromatic N) is 1. The molecule has 3 fully saturated rings. The van der Waals surface area contributed by atoms with E-state index in [1.165, 1.54) is 0 Å². The summed E-state index contributed by atoms with van der Waals surface area (Å²) in [6.45, 7) is 2.03. The normalized spacial score (nSPS) is 23.9. The van der Waals surface area contributed by atoms with Crippen LogP contribution in [0.15, 0.2) is 0 Å². The van der Waals surface area contributed by atoms with Crippen molar-refractivity contribution in [2.24, 2.45) is 0 Å². The van der Waals surface area contributed by atoms with E-state index in [1.54, 1.807) is 0 Å². The van der Waals surface area contributed by atoms with Crippen LogP contribution in [0.5, 0.6) is 0 Å². The molecule has 0 spiro atoms. The highest BCUT2D eigenvalue weighted by Gasteiger charge is 2.48.